The number of hydrogen-bond acceptors (Lipinski definition) is 6. The van der Waals surface area contributed by atoms with E-state index in [9.17, 15) is 0 Å². The zero-order chi connectivity index (χ0) is 9.80. The van der Waals surface area contributed by atoms with E-state index in [4.69, 9.17) is 0 Å². The van der Waals surface area contributed by atoms with E-state index in [1.165, 1.54) is 16.3 Å². The van der Waals surface area contributed by atoms with Crippen molar-refractivity contribution >= 4 is 27.8 Å². The van der Waals surface area contributed by atoms with Gasteiger partial charge in [0.2, 0.25) is 5.13 Å². The fraction of sp³-hybridized carbons (Fsp3) is 0.375. The van der Waals surface area contributed by atoms with E-state index in [-0.39, 0.29) is 0 Å². The van der Waals surface area contributed by atoms with Crippen LogP contribution in [0.5, 0.6) is 0 Å². The van der Waals surface area contributed by atoms with Crippen LogP contribution in [0.25, 0.3) is 0 Å². The summed E-state index contributed by atoms with van der Waals surface area (Å²) in [6.07, 6.45) is 1.00. The predicted molar refractivity (Wildman–Crippen MR) is 58.7 cm³/mol. The van der Waals surface area contributed by atoms with E-state index >= 15 is 0 Å². The molecule has 0 fully saturated rings. The second-order valence-corrected chi connectivity index (χ2v) is 4.46. The molecule has 0 saturated carbocycles. The Bertz CT molecular complexity index is 382. The number of aryl methyl sites for hydroxylation is 1. The number of thiazole rings is 1. The van der Waals surface area contributed by atoms with Crippen molar-refractivity contribution in [2.75, 3.05) is 5.32 Å². The maximum atomic E-state index is 4.44. The Hall–Kier alpha value is -1.01. The quantitative estimate of drug-likeness (QED) is 0.868. The molecule has 0 aliphatic carbocycles. The molecule has 0 bridgehead atoms. The summed E-state index contributed by atoms with van der Waals surface area (Å²) in [4.78, 5) is 4.44. The molecule has 0 aliphatic heterocycles. The van der Waals surface area contributed by atoms with Gasteiger partial charge in [-0.1, -0.05) is 18.3 Å². The third kappa shape index (κ3) is 2.27. The molecule has 0 aromatic carbocycles. The van der Waals surface area contributed by atoms with Gasteiger partial charge in [-0.2, -0.15) is 0 Å². The number of nitrogens with zero attached hydrogens (tertiary/aromatic N) is 3. The van der Waals surface area contributed by atoms with Crippen molar-refractivity contribution in [3.8, 4) is 0 Å². The smallest absolute Gasteiger partial charge is 0.205 e. The maximum Gasteiger partial charge on any atom is 0.205 e. The van der Waals surface area contributed by atoms with E-state index < -0.39 is 0 Å². The van der Waals surface area contributed by atoms with E-state index in [1.54, 1.807) is 16.8 Å². The lowest BCUT2D eigenvalue weighted by molar-refractivity contribution is 0.993. The van der Waals surface area contributed by atoms with Gasteiger partial charge in [-0.3, -0.25) is 0 Å². The molecular weight excluding hydrogens is 216 g/mol. The second kappa shape index (κ2) is 4.47. The molecule has 2 rings (SSSR count). The first-order chi connectivity index (χ1) is 6.88. The first-order valence-electron chi connectivity index (χ1n) is 4.32. The molecular formula is C8H10N4S2. The van der Waals surface area contributed by atoms with Crippen molar-refractivity contribution in [1.82, 2.24) is 15.2 Å². The summed E-state index contributed by atoms with van der Waals surface area (Å²) in [7, 11) is 0. The van der Waals surface area contributed by atoms with Crippen LogP contribution in [-0.4, -0.2) is 15.2 Å². The summed E-state index contributed by atoms with van der Waals surface area (Å²) >= 11 is 3.20. The highest BCUT2D eigenvalue weighted by molar-refractivity contribution is 7.13. The van der Waals surface area contributed by atoms with Crippen molar-refractivity contribution < 1.29 is 0 Å². The summed E-state index contributed by atoms with van der Waals surface area (Å²) in [6.45, 7) is 2.84. The summed E-state index contributed by atoms with van der Waals surface area (Å²) in [5.41, 5.74) is 2.78. The van der Waals surface area contributed by atoms with Gasteiger partial charge < -0.3 is 5.32 Å². The highest BCUT2D eigenvalue weighted by atomic mass is 32.1. The van der Waals surface area contributed by atoms with Crippen molar-refractivity contribution in [2.45, 2.75) is 19.9 Å². The zero-order valence-electron chi connectivity index (χ0n) is 7.73. The third-order valence-corrected chi connectivity index (χ3v) is 3.37. The Kier molecular flexibility index (Phi) is 3.05. The number of rotatable bonds is 4. The summed E-state index contributed by atoms with van der Waals surface area (Å²) in [5, 5.41) is 14.9. The van der Waals surface area contributed by atoms with E-state index in [1.807, 2.05) is 0 Å². The van der Waals surface area contributed by atoms with Crippen molar-refractivity contribution in [1.29, 1.82) is 0 Å². The van der Waals surface area contributed by atoms with Crippen LogP contribution < -0.4 is 5.32 Å². The Morgan fingerprint density at radius 2 is 2.36 bits per heavy atom. The topological polar surface area (TPSA) is 50.7 Å². The van der Waals surface area contributed by atoms with Gasteiger partial charge in [-0.15, -0.1) is 21.5 Å². The first kappa shape index (κ1) is 9.54. The van der Waals surface area contributed by atoms with Crippen LogP contribution in [-0.2, 0) is 13.0 Å². The Morgan fingerprint density at radius 3 is 3.00 bits per heavy atom. The van der Waals surface area contributed by atoms with E-state index in [2.05, 4.69) is 32.8 Å². The van der Waals surface area contributed by atoms with Crippen molar-refractivity contribution in [3.63, 3.8) is 0 Å². The number of nitrogens with one attached hydrogen (secondary N) is 1. The SMILES string of the molecule is CCc1nc(CNc2nncs2)cs1. The van der Waals surface area contributed by atoms with Crippen LogP contribution in [0, 0.1) is 0 Å². The van der Waals surface area contributed by atoms with Crippen LogP contribution in [0.1, 0.15) is 17.6 Å². The number of anilines is 1. The highest BCUT2D eigenvalue weighted by Gasteiger charge is 2.01. The fourth-order valence-electron chi connectivity index (χ4n) is 1.01. The van der Waals surface area contributed by atoms with Crippen molar-refractivity contribution in [3.05, 3.63) is 21.6 Å². The van der Waals surface area contributed by atoms with Gasteiger partial charge in [0.05, 0.1) is 17.2 Å². The normalized spacial score (nSPS) is 10.4. The average Bonchev–Trinajstić information content (AvgIpc) is 2.86. The lowest BCUT2D eigenvalue weighted by atomic mass is 10.4. The van der Waals surface area contributed by atoms with Gasteiger partial charge in [-0.25, -0.2) is 4.98 Å². The molecule has 1 N–H and O–H groups in total. The third-order valence-electron chi connectivity index (χ3n) is 1.68. The molecule has 0 aliphatic rings. The highest BCUT2D eigenvalue weighted by Crippen LogP contribution is 2.13. The largest absolute Gasteiger partial charge is 0.354 e. The standard InChI is InChI=1S/C8H10N4S2/c1-2-7-11-6(4-13-7)3-9-8-12-10-5-14-8/h4-5H,2-3H2,1H3,(H,9,12). The van der Waals surface area contributed by atoms with Gasteiger partial charge in [0.15, 0.2) is 0 Å². The van der Waals surface area contributed by atoms with Gasteiger partial charge in [0.25, 0.3) is 0 Å². The molecule has 4 nitrogen and oxygen atoms in total. The summed E-state index contributed by atoms with van der Waals surface area (Å²) in [6, 6.07) is 0. The molecule has 0 spiro atoms. The van der Waals surface area contributed by atoms with Crippen LogP contribution >= 0.6 is 22.7 Å². The second-order valence-electron chi connectivity index (χ2n) is 2.68. The fourth-order valence-corrected chi connectivity index (χ4v) is 2.20. The number of hydrogen-bond donors (Lipinski definition) is 1. The molecule has 2 aromatic heterocycles. The molecule has 0 atom stereocenters. The molecule has 0 radical (unpaired) electrons. The van der Waals surface area contributed by atoms with Gasteiger partial charge in [-0.05, 0) is 6.42 Å². The Balaban J connectivity index is 1.92. The minimum Gasteiger partial charge on any atom is -0.354 e. The molecule has 0 saturated heterocycles. The Labute approximate surface area is 90.0 Å². The average molecular weight is 226 g/mol. The van der Waals surface area contributed by atoms with E-state index in [0.29, 0.717) is 0 Å². The molecule has 0 amide bonds. The molecule has 14 heavy (non-hydrogen) atoms. The molecule has 2 aromatic rings. The predicted octanol–water partition coefficient (Wildman–Crippen LogP) is 2.17. The Morgan fingerprint density at radius 1 is 1.43 bits per heavy atom. The van der Waals surface area contributed by atoms with Crippen LogP contribution in [0.4, 0.5) is 5.13 Å². The minimum atomic E-state index is 0.728. The maximum absolute atomic E-state index is 4.44. The zero-order valence-corrected chi connectivity index (χ0v) is 9.36. The molecule has 74 valence electrons. The first-order valence-corrected chi connectivity index (χ1v) is 6.07. The van der Waals surface area contributed by atoms with E-state index in [0.717, 1.165) is 23.8 Å². The van der Waals surface area contributed by atoms with Crippen LogP contribution in [0.2, 0.25) is 0 Å². The van der Waals surface area contributed by atoms with Crippen LogP contribution in [0.3, 0.4) is 0 Å². The van der Waals surface area contributed by atoms with Crippen LogP contribution in [0.15, 0.2) is 10.9 Å². The van der Waals surface area contributed by atoms with Gasteiger partial charge in [0.1, 0.15) is 5.51 Å². The lowest BCUT2D eigenvalue weighted by Gasteiger charge is -1.96. The molecule has 2 heterocycles. The lowest BCUT2D eigenvalue weighted by Crippen LogP contribution is -1.99. The minimum absolute atomic E-state index is 0.728. The van der Waals surface area contributed by atoms with Gasteiger partial charge in [0, 0.05) is 5.38 Å². The monoisotopic (exact) mass is 226 g/mol. The summed E-state index contributed by atoms with van der Waals surface area (Å²) < 4.78 is 0. The number of aromatic nitrogens is 3. The summed E-state index contributed by atoms with van der Waals surface area (Å²) in [5.74, 6) is 0. The molecule has 6 heteroatoms. The van der Waals surface area contributed by atoms with Crippen molar-refractivity contribution in [2.24, 2.45) is 0 Å². The van der Waals surface area contributed by atoms with Gasteiger partial charge >= 0.3 is 0 Å². The molecule has 0 unspecified atom stereocenters.